The summed E-state index contributed by atoms with van der Waals surface area (Å²) in [6, 6.07) is 59.8. The highest BCUT2D eigenvalue weighted by molar-refractivity contribution is 6.25. The third-order valence-corrected chi connectivity index (χ3v) is 9.60. The SMILES string of the molecule is c1ccc(-c2nc(-c3ccc(-n4c5ccc6ccccc6c5c5ccc6ccccc6c54)cc3)nc(-c3ccc4ccccc4c3)n2)cc1. The van der Waals surface area contributed by atoms with Crippen LogP contribution in [0.4, 0.5) is 0 Å². The first kappa shape index (κ1) is 27.5. The van der Waals surface area contributed by atoms with Crippen LogP contribution < -0.4 is 0 Å². The average molecular weight is 625 g/mol. The molecule has 2 heterocycles. The molecule has 0 saturated carbocycles. The molecule has 10 rings (SSSR count). The van der Waals surface area contributed by atoms with Gasteiger partial charge >= 0.3 is 0 Å². The van der Waals surface area contributed by atoms with Gasteiger partial charge in [0.2, 0.25) is 0 Å². The van der Waals surface area contributed by atoms with Crippen molar-refractivity contribution in [3.8, 4) is 39.9 Å². The monoisotopic (exact) mass is 624 g/mol. The third-order valence-electron chi connectivity index (χ3n) is 9.60. The van der Waals surface area contributed by atoms with Gasteiger partial charge < -0.3 is 4.57 Å². The summed E-state index contributed by atoms with van der Waals surface area (Å²) in [5.74, 6) is 1.94. The Morgan fingerprint density at radius 3 is 1.63 bits per heavy atom. The van der Waals surface area contributed by atoms with Crippen molar-refractivity contribution in [2.45, 2.75) is 0 Å². The lowest BCUT2D eigenvalue weighted by atomic mass is 10.0. The van der Waals surface area contributed by atoms with E-state index in [4.69, 9.17) is 15.0 Å². The van der Waals surface area contributed by atoms with Crippen molar-refractivity contribution >= 4 is 54.1 Å². The maximum atomic E-state index is 5.04. The van der Waals surface area contributed by atoms with E-state index in [1.165, 1.54) is 48.7 Å². The van der Waals surface area contributed by atoms with E-state index >= 15 is 0 Å². The molecule has 8 aromatic carbocycles. The predicted octanol–water partition coefficient (Wildman–Crippen LogP) is 11.4. The Morgan fingerprint density at radius 2 is 0.878 bits per heavy atom. The minimum absolute atomic E-state index is 0.641. The molecule has 0 bridgehead atoms. The van der Waals surface area contributed by atoms with Gasteiger partial charge in [0, 0.05) is 38.5 Å². The Labute approximate surface area is 282 Å². The van der Waals surface area contributed by atoms with Crippen LogP contribution in [0.25, 0.3) is 94.0 Å². The molecule has 0 aliphatic heterocycles. The van der Waals surface area contributed by atoms with Crippen LogP contribution in [-0.4, -0.2) is 19.5 Å². The van der Waals surface area contributed by atoms with E-state index in [2.05, 4.69) is 144 Å². The zero-order valence-corrected chi connectivity index (χ0v) is 26.5. The first-order valence-electron chi connectivity index (χ1n) is 16.5. The highest BCUT2D eigenvalue weighted by atomic mass is 15.0. The number of rotatable bonds is 4. The van der Waals surface area contributed by atoms with Gasteiger partial charge in [0.1, 0.15) is 0 Å². The zero-order chi connectivity index (χ0) is 32.3. The molecule has 0 atom stereocenters. The molecule has 4 heteroatoms. The van der Waals surface area contributed by atoms with Crippen molar-refractivity contribution in [1.29, 1.82) is 0 Å². The lowest BCUT2D eigenvalue weighted by molar-refractivity contribution is 1.07. The largest absolute Gasteiger partial charge is 0.309 e. The molecule has 4 nitrogen and oxygen atoms in total. The van der Waals surface area contributed by atoms with Gasteiger partial charge in [-0.25, -0.2) is 15.0 Å². The van der Waals surface area contributed by atoms with Crippen LogP contribution in [0, 0.1) is 0 Å². The molecule has 2 aromatic heterocycles. The second-order valence-corrected chi connectivity index (χ2v) is 12.5. The average Bonchev–Trinajstić information content (AvgIpc) is 3.53. The van der Waals surface area contributed by atoms with Crippen molar-refractivity contribution in [3.05, 3.63) is 170 Å². The summed E-state index contributed by atoms with van der Waals surface area (Å²) in [6.07, 6.45) is 0. The molecule has 49 heavy (non-hydrogen) atoms. The Balaban J connectivity index is 1.17. The molecule has 0 spiro atoms. The second kappa shape index (κ2) is 11.0. The predicted molar refractivity (Wildman–Crippen MR) is 203 cm³/mol. The molecule has 0 N–H and O–H groups in total. The summed E-state index contributed by atoms with van der Waals surface area (Å²) >= 11 is 0. The highest BCUT2D eigenvalue weighted by Crippen LogP contribution is 2.40. The van der Waals surface area contributed by atoms with E-state index < -0.39 is 0 Å². The highest BCUT2D eigenvalue weighted by Gasteiger charge is 2.18. The minimum Gasteiger partial charge on any atom is -0.309 e. The molecule has 0 unspecified atom stereocenters. The molecule has 228 valence electrons. The van der Waals surface area contributed by atoms with Crippen molar-refractivity contribution in [2.75, 3.05) is 0 Å². The molecule has 0 radical (unpaired) electrons. The van der Waals surface area contributed by atoms with Gasteiger partial charge in [-0.3, -0.25) is 0 Å². The van der Waals surface area contributed by atoms with Crippen LogP contribution in [0.2, 0.25) is 0 Å². The number of aromatic nitrogens is 4. The van der Waals surface area contributed by atoms with Gasteiger partial charge in [-0.15, -0.1) is 0 Å². The maximum absolute atomic E-state index is 5.04. The van der Waals surface area contributed by atoms with Crippen LogP contribution in [-0.2, 0) is 0 Å². The van der Waals surface area contributed by atoms with Crippen LogP contribution in [0.5, 0.6) is 0 Å². The zero-order valence-electron chi connectivity index (χ0n) is 26.5. The molecular formula is C45H28N4. The normalized spacial score (nSPS) is 11.7. The van der Waals surface area contributed by atoms with Crippen molar-refractivity contribution in [1.82, 2.24) is 19.5 Å². The molecule has 0 aliphatic carbocycles. The fraction of sp³-hybridized carbons (Fsp3) is 0. The molecule has 0 saturated heterocycles. The van der Waals surface area contributed by atoms with Crippen molar-refractivity contribution in [3.63, 3.8) is 0 Å². The standard InChI is InChI=1S/C45H28N4/c1-2-13-32(14-3-1)43-46-44(48-45(47-43)35-19-18-29-10-4-5-15-34(29)28-35)33-20-24-36(25-21-33)49-40-27-23-30-11-6-8-16-37(30)41(40)39-26-22-31-12-7-9-17-38(31)42(39)49/h1-28H. The van der Waals surface area contributed by atoms with E-state index in [9.17, 15) is 0 Å². The Hall–Kier alpha value is -6.65. The van der Waals surface area contributed by atoms with E-state index in [-0.39, 0.29) is 0 Å². The van der Waals surface area contributed by atoms with Crippen molar-refractivity contribution in [2.24, 2.45) is 0 Å². The first-order valence-corrected chi connectivity index (χ1v) is 16.5. The second-order valence-electron chi connectivity index (χ2n) is 12.5. The van der Waals surface area contributed by atoms with Crippen LogP contribution in [0.15, 0.2) is 170 Å². The van der Waals surface area contributed by atoms with E-state index in [1.54, 1.807) is 0 Å². The fourth-order valence-corrected chi connectivity index (χ4v) is 7.25. The molecule has 0 fully saturated rings. The number of hydrogen-bond acceptors (Lipinski definition) is 3. The van der Waals surface area contributed by atoms with Gasteiger partial charge in [0.05, 0.1) is 11.0 Å². The molecule has 0 aliphatic rings. The summed E-state index contributed by atoms with van der Waals surface area (Å²) in [6.45, 7) is 0. The quantitative estimate of drug-likeness (QED) is 0.196. The smallest absolute Gasteiger partial charge is 0.164 e. The number of fused-ring (bicyclic) bond motifs is 8. The van der Waals surface area contributed by atoms with Gasteiger partial charge in [-0.05, 0) is 63.3 Å². The molecule has 10 aromatic rings. The van der Waals surface area contributed by atoms with Crippen LogP contribution in [0.1, 0.15) is 0 Å². The summed E-state index contributed by atoms with van der Waals surface area (Å²) in [5, 5.41) is 9.81. The Morgan fingerprint density at radius 1 is 0.347 bits per heavy atom. The maximum Gasteiger partial charge on any atom is 0.164 e. The van der Waals surface area contributed by atoms with Gasteiger partial charge in [-0.2, -0.15) is 0 Å². The Kier molecular flexibility index (Phi) is 6.15. The van der Waals surface area contributed by atoms with Gasteiger partial charge in [0.25, 0.3) is 0 Å². The van der Waals surface area contributed by atoms with Crippen LogP contribution in [0.3, 0.4) is 0 Å². The topological polar surface area (TPSA) is 43.6 Å². The summed E-state index contributed by atoms with van der Waals surface area (Å²) in [5.41, 5.74) is 6.32. The van der Waals surface area contributed by atoms with Crippen LogP contribution >= 0.6 is 0 Å². The van der Waals surface area contributed by atoms with E-state index in [1.807, 2.05) is 30.3 Å². The fourth-order valence-electron chi connectivity index (χ4n) is 7.25. The Bertz CT molecular complexity index is 2870. The van der Waals surface area contributed by atoms with Gasteiger partial charge in [-0.1, -0.05) is 133 Å². The summed E-state index contributed by atoms with van der Waals surface area (Å²) in [7, 11) is 0. The summed E-state index contributed by atoms with van der Waals surface area (Å²) < 4.78 is 2.41. The van der Waals surface area contributed by atoms with Gasteiger partial charge in [0.15, 0.2) is 17.5 Å². The number of hydrogen-bond donors (Lipinski definition) is 0. The van der Waals surface area contributed by atoms with E-state index in [0.29, 0.717) is 17.5 Å². The summed E-state index contributed by atoms with van der Waals surface area (Å²) in [4.78, 5) is 15.0. The lowest BCUT2D eigenvalue weighted by Gasteiger charge is -2.12. The number of nitrogens with zero attached hydrogens (tertiary/aromatic N) is 4. The number of benzene rings is 8. The first-order chi connectivity index (χ1) is 24.3. The molecular weight excluding hydrogens is 597 g/mol. The van der Waals surface area contributed by atoms with E-state index in [0.717, 1.165) is 27.8 Å². The molecule has 0 amide bonds. The lowest BCUT2D eigenvalue weighted by Crippen LogP contribution is -2.00. The third kappa shape index (κ3) is 4.49. The van der Waals surface area contributed by atoms with Crippen molar-refractivity contribution < 1.29 is 0 Å². The minimum atomic E-state index is 0.641.